The van der Waals surface area contributed by atoms with Gasteiger partial charge in [0.2, 0.25) is 5.91 Å². The van der Waals surface area contributed by atoms with Crippen molar-refractivity contribution in [2.75, 3.05) is 10.8 Å². The van der Waals surface area contributed by atoms with Gasteiger partial charge in [-0.15, -0.1) is 0 Å². The Balaban J connectivity index is 1.87. The zero-order valence-electron chi connectivity index (χ0n) is 16.8. The molecule has 0 bridgehead atoms. The molecule has 0 aromatic heterocycles. The maximum atomic E-state index is 13.3. The minimum absolute atomic E-state index is 0.133. The van der Waals surface area contributed by atoms with Crippen molar-refractivity contribution >= 4 is 33.2 Å². The predicted octanol–water partition coefficient (Wildman–Crippen LogP) is 4.47. The third-order valence-corrected chi connectivity index (χ3v) is 6.78. The molecule has 0 unspecified atom stereocenters. The molecule has 0 radical (unpaired) electrons. The molecule has 3 rings (SSSR count). The molecule has 0 saturated carbocycles. The van der Waals surface area contributed by atoms with Gasteiger partial charge in [0.25, 0.3) is 10.0 Å². The number of aryl methyl sites for hydroxylation is 2. The van der Waals surface area contributed by atoms with Crippen LogP contribution in [-0.4, -0.2) is 20.9 Å². The average Bonchev–Trinajstić information content (AvgIpc) is 2.71. The first-order chi connectivity index (χ1) is 14.3. The Morgan fingerprint density at radius 3 is 2.30 bits per heavy atom. The van der Waals surface area contributed by atoms with Crippen LogP contribution >= 0.6 is 11.6 Å². The molecule has 0 spiro atoms. The topological polar surface area (TPSA) is 66.5 Å². The zero-order valence-corrected chi connectivity index (χ0v) is 18.4. The van der Waals surface area contributed by atoms with Crippen LogP contribution in [0, 0.1) is 13.8 Å². The number of hydrogen-bond acceptors (Lipinski definition) is 3. The number of hydrogen-bond donors (Lipinski definition) is 1. The number of anilines is 1. The van der Waals surface area contributed by atoms with Gasteiger partial charge >= 0.3 is 0 Å². The number of sulfonamides is 1. The van der Waals surface area contributed by atoms with Crippen LogP contribution in [0.15, 0.2) is 77.7 Å². The molecule has 1 amide bonds. The summed E-state index contributed by atoms with van der Waals surface area (Å²) in [6, 6.07) is 20.8. The van der Waals surface area contributed by atoms with Gasteiger partial charge in [-0.05, 0) is 55.3 Å². The van der Waals surface area contributed by atoms with Crippen LogP contribution in [0.2, 0.25) is 5.02 Å². The molecule has 30 heavy (non-hydrogen) atoms. The minimum atomic E-state index is -3.93. The van der Waals surface area contributed by atoms with Crippen molar-refractivity contribution in [2.45, 2.75) is 25.3 Å². The summed E-state index contributed by atoms with van der Waals surface area (Å²) < 4.78 is 27.8. The molecule has 5 nitrogen and oxygen atoms in total. The van der Waals surface area contributed by atoms with Crippen LogP contribution in [0.1, 0.15) is 16.7 Å². The number of halogens is 1. The van der Waals surface area contributed by atoms with Gasteiger partial charge < -0.3 is 5.32 Å². The van der Waals surface area contributed by atoms with Crippen molar-refractivity contribution in [3.05, 3.63) is 94.5 Å². The standard InChI is InChI=1S/C23H23ClN2O3S/c1-17-10-12-21(13-11-17)30(28,29)26(20-8-5-6-18(2)14-20)16-23(27)25-15-19-7-3-4-9-22(19)24/h3-14H,15-16H2,1-2H3,(H,25,27). The Morgan fingerprint density at radius 1 is 0.933 bits per heavy atom. The number of nitrogens with zero attached hydrogens (tertiary/aromatic N) is 1. The van der Waals surface area contributed by atoms with Gasteiger partial charge in [-0.1, -0.05) is 59.6 Å². The van der Waals surface area contributed by atoms with Crippen molar-refractivity contribution in [3.63, 3.8) is 0 Å². The van der Waals surface area contributed by atoms with E-state index in [0.29, 0.717) is 10.7 Å². The Morgan fingerprint density at radius 2 is 1.63 bits per heavy atom. The first-order valence-electron chi connectivity index (χ1n) is 9.43. The van der Waals surface area contributed by atoms with E-state index in [1.54, 1.807) is 54.6 Å². The highest BCUT2D eigenvalue weighted by Crippen LogP contribution is 2.24. The molecule has 0 atom stereocenters. The monoisotopic (exact) mass is 442 g/mol. The third kappa shape index (κ3) is 5.20. The summed E-state index contributed by atoms with van der Waals surface area (Å²) in [4.78, 5) is 12.8. The second kappa shape index (κ2) is 9.32. The van der Waals surface area contributed by atoms with Gasteiger partial charge in [0.1, 0.15) is 6.54 Å². The Bertz CT molecular complexity index is 1150. The van der Waals surface area contributed by atoms with Gasteiger partial charge in [0.15, 0.2) is 0 Å². The molecule has 3 aromatic rings. The fraction of sp³-hybridized carbons (Fsp3) is 0.174. The van der Waals surface area contributed by atoms with E-state index in [2.05, 4.69) is 5.32 Å². The van der Waals surface area contributed by atoms with Gasteiger partial charge in [-0.25, -0.2) is 8.42 Å². The third-order valence-electron chi connectivity index (χ3n) is 4.62. The van der Waals surface area contributed by atoms with E-state index in [-0.39, 0.29) is 18.0 Å². The van der Waals surface area contributed by atoms with Gasteiger partial charge in [-0.2, -0.15) is 0 Å². The largest absolute Gasteiger partial charge is 0.350 e. The van der Waals surface area contributed by atoms with Crippen molar-refractivity contribution in [3.8, 4) is 0 Å². The van der Waals surface area contributed by atoms with Crippen LogP contribution in [0.5, 0.6) is 0 Å². The number of carbonyl (C=O) groups is 1. The van der Waals surface area contributed by atoms with E-state index in [9.17, 15) is 13.2 Å². The highest BCUT2D eigenvalue weighted by Gasteiger charge is 2.27. The maximum Gasteiger partial charge on any atom is 0.264 e. The van der Waals surface area contributed by atoms with E-state index in [1.807, 2.05) is 32.0 Å². The summed E-state index contributed by atoms with van der Waals surface area (Å²) in [7, 11) is -3.93. The predicted molar refractivity (Wildman–Crippen MR) is 120 cm³/mol. The lowest BCUT2D eigenvalue weighted by atomic mass is 10.2. The fourth-order valence-corrected chi connectivity index (χ4v) is 4.57. The Labute approximate surface area is 182 Å². The second-order valence-electron chi connectivity index (χ2n) is 7.03. The number of carbonyl (C=O) groups excluding carboxylic acids is 1. The molecule has 0 aliphatic heterocycles. The second-order valence-corrected chi connectivity index (χ2v) is 9.30. The lowest BCUT2D eigenvalue weighted by Crippen LogP contribution is -2.40. The van der Waals surface area contributed by atoms with E-state index in [1.165, 1.54) is 0 Å². The number of nitrogens with one attached hydrogen (secondary N) is 1. The first-order valence-corrected chi connectivity index (χ1v) is 11.3. The summed E-state index contributed by atoms with van der Waals surface area (Å²) in [5, 5.41) is 3.30. The molecule has 0 heterocycles. The van der Waals surface area contributed by atoms with E-state index in [4.69, 9.17) is 11.6 Å². The summed E-state index contributed by atoms with van der Waals surface area (Å²) >= 11 is 6.13. The van der Waals surface area contributed by atoms with Crippen molar-refractivity contribution in [1.29, 1.82) is 0 Å². The molecule has 1 N–H and O–H groups in total. The van der Waals surface area contributed by atoms with Crippen LogP contribution in [0.25, 0.3) is 0 Å². The summed E-state index contributed by atoms with van der Waals surface area (Å²) in [6.45, 7) is 3.63. The van der Waals surface area contributed by atoms with E-state index in [0.717, 1.165) is 21.0 Å². The summed E-state index contributed by atoms with van der Waals surface area (Å²) in [5.41, 5.74) is 3.04. The SMILES string of the molecule is Cc1ccc(S(=O)(=O)N(CC(=O)NCc2ccccc2Cl)c2cccc(C)c2)cc1. The minimum Gasteiger partial charge on any atom is -0.350 e. The molecule has 0 fully saturated rings. The average molecular weight is 443 g/mol. The fourth-order valence-electron chi connectivity index (χ4n) is 2.96. The lowest BCUT2D eigenvalue weighted by molar-refractivity contribution is -0.119. The van der Waals surface area contributed by atoms with Crippen LogP contribution < -0.4 is 9.62 Å². The number of rotatable bonds is 7. The normalized spacial score (nSPS) is 11.2. The molecule has 156 valence electrons. The maximum absolute atomic E-state index is 13.3. The summed E-state index contributed by atoms with van der Waals surface area (Å²) in [6.07, 6.45) is 0. The Hall–Kier alpha value is -2.83. The highest BCUT2D eigenvalue weighted by molar-refractivity contribution is 7.92. The Kier molecular flexibility index (Phi) is 6.80. The van der Waals surface area contributed by atoms with Gasteiger partial charge in [0, 0.05) is 11.6 Å². The highest BCUT2D eigenvalue weighted by atomic mass is 35.5. The van der Waals surface area contributed by atoms with Crippen LogP contribution in [0.4, 0.5) is 5.69 Å². The first kappa shape index (κ1) is 21.9. The molecule has 3 aromatic carbocycles. The van der Waals surface area contributed by atoms with Crippen LogP contribution in [0.3, 0.4) is 0 Å². The lowest BCUT2D eigenvalue weighted by Gasteiger charge is -2.24. The van der Waals surface area contributed by atoms with Crippen molar-refractivity contribution < 1.29 is 13.2 Å². The van der Waals surface area contributed by atoms with Crippen LogP contribution in [-0.2, 0) is 21.4 Å². The molecule has 0 aliphatic rings. The molecular formula is C23H23ClN2O3S. The van der Waals surface area contributed by atoms with Crippen molar-refractivity contribution in [2.24, 2.45) is 0 Å². The molecule has 0 aliphatic carbocycles. The quantitative estimate of drug-likeness (QED) is 0.587. The smallest absolute Gasteiger partial charge is 0.264 e. The van der Waals surface area contributed by atoms with E-state index < -0.39 is 15.9 Å². The van der Waals surface area contributed by atoms with Gasteiger partial charge in [0.05, 0.1) is 10.6 Å². The number of benzene rings is 3. The van der Waals surface area contributed by atoms with E-state index >= 15 is 0 Å². The van der Waals surface area contributed by atoms with Gasteiger partial charge in [-0.3, -0.25) is 9.10 Å². The molecule has 0 saturated heterocycles. The molecular weight excluding hydrogens is 420 g/mol. The van der Waals surface area contributed by atoms with Crippen molar-refractivity contribution in [1.82, 2.24) is 5.32 Å². The summed E-state index contributed by atoms with van der Waals surface area (Å²) in [5.74, 6) is -0.424. The zero-order chi connectivity index (χ0) is 21.7. The molecule has 7 heteroatoms. The number of amides is 1.